The van der Waals surface area contributed by atoms with E-state index < -0.39 is 0 Å². The molecule has 5 rings (SSSR count). The summed E-state index contributed by atoms with van der Waals surface area (Å²) in [4.78, 5) is 35.2. The predicted molar refractivity (Wildman–Crippen MR) is 96.7 cm³/mol. The molecule has 0 aromatic rings. The number of rotatable bonds is 4. The van der Waals surface area contributed by atoms with Gasteiger partial charge in [-0.05, 0) is 73.3 Å². The average Bonchev–Trinajstić information content (AvgIpc) is 3.14. The van der Waals surface area contributed by atoms with E-state index in [2.05, 4.69) is 6.92 Å². The average molecular weight is 372 g/mol. The first kappa shape index (κ1) is 17.6. The minimum absolute atomic E-state index is 0.00402. The van der Waals surface area contributed by atoms with Gasteiger partial charge in [0.15, 0.2) is 11.6 Å². The fourth-order valence-corrected chi connectivity index (χ4v) is 7.78. The van der Waals surface area contributed by atoms with E-state index in [0.717, 1.165) is 45.1 Å². The number of Topliss-reactive ketones (excluding diaryl/α,β-unsaturated/α-hetero) is 1. The lowest BCUT2D eigenvalue weighted by molar-refractivity contribution is -0.142. The van der Waals surface area contributed by atoms with Crippen molar-refractivity contribution in [2.24, 2.45) is 34.5 Å². The zero-order chi connectivity index (χ0) is 18.8. The fraction of sp³-hybridized carbons (Fsp3) is 0.773. The molecule has 146 valence electrons. The molecule has 7 atom stereocenters. The Kier molecular flexibility index (Phi) is 3.91. The Morgan fingerprint density at radius 2 is 2.15 bits per heavy atom. The molecule has 0 aromatic carbocycles. The SMILES string of the molecule is C[C@]12CCC3C(C[C@H]4OC[C@@]35CCC(=O)C=C45)C1CC[C@@H]2C(=O)COC=O. The van der Waals surface area contributed by atoms with Crippen LogP contribution >= 0.6 is 0 Å². The highest BCUT2D eigenvalue weighted by atomic mass is 16.5. The van der Waals surface area contributed by atoms with Crippen molar-refractivity contribution in [2.75, 3.05) is 13.2 Å². The van der Waals surface area contributed by atoms with Crippen LogP contribution in [0.2, 0.25) is 0 Å². The largest absolute Gasteiger partial charge is 0.460 e. The van der Waals surface area contributed by atoms with Gasteiger partial charge < -0.3 is 9.47 Å². The van der Waals surface area contributed by atoms with Crippen molar-refractivity contribution < 1.29 is 23.9 Å². The first-order valence-electron chi connectivity index (χ1n) is 10.4. The van der Waals surface area contributed by atoms with E-state index >= 15 is 0 Å². The van der Waals surface area contributed by atoms with E-state index in [1.807, 2.05) is 6.08 Å². The smallest absolute Gasteiger partial charge is 0.293 e. The van der Waals surface area contributed by atoms with Crippen LogP contribution < -0.4 is 0 Å². The van der Waals surface area contributed by atoms with E-state index in [0.29, 0.717) is 30.6 Å². The highest BCUT2D eigenvalue weighted by molar-refractivity contribution is 5.92. The molecule has 4 fully saturated rings. The van der Waals surface area contributed by atoms with Crippen molar-refractivity contribution in [1.29, 1.82) is 0 Å². The van der Waals surface area contributed by atoms with Crippen LogP contribution in [-0.4, -0.2) is 37.4 Å². The Labute approximate surface area is 159 Å². The summed E-state index contributed by atoms with van der Waals surface area (Å²) in [6, 6.07) is 0. The predicted octanol–water partition coefficient (Wildman–Crippen LogP) is 2.87. The highest BCUT2D eigenvalue weighted by Crippen LogP contribution is 2.68. The summed E-state index contributed by atoms with van der Waals surface area (Å²) in [6.45, 7) is 3.35. The van der Waals surface area contributed by atoms with Gasteiger partial charge in [-0.25, -0.2) is 0 Å². The maximum absolute atomic E-state index is 12.7. The molecule has 0 aromatic heterocycles. The molecule has 0 spiro atoms. The molecule has 1 heterocycles. The topological polar surface area (TPSA) is 69.7 Å². The van der Waals surface area contributed by atoms with Crippen molar-refractivity contribution in [3.63, 3.8) is 0 Å². The monoisotopic (exact) mass is 372 g/mol. The molecular formula is C22H28O5. The molecule has 2 bridgehead atoms. The van der Waals surface area contributed by atoms with Crippen LogP contribution in [0, 0.1) is 34.5 Å². The summed E-state index contributed by atoms with van der Waals surface area (Å²) in [5.41, 5.74) is 1.37. The molecule has 27 heavy (non-hydrogen) atoms. The molecule has 1 saturated heterocycles. The van der Waals surface area contributed by atoms with Crippen LogP contribution in [0.5, 0.6) is 0 Å². The van der Waals surface area contributed by atoms with Gasteiger partial charge in [0.25, 0.3) is 6.47 Å². The van der Waals surface area contributed by atoms with E-state index in [9.17, 15) is 14.4 Å². The quantitative estimate of drug-likeness (QED) is 0.710. The van der Waals surface area contributed by atoms with E-state index in [1.165, 1.54) is 5.57 Å². The molecule has 5 nitrogen and oxygen atoms in total. The first-order valence-corrected chi connectivity index (χ1v) is 10.4. The number of ketones is 2. The maximum atomic E-state index is 12.7. The lowest BCUT2D eigenvalue weighted by Crippen LogP contribution is -2.53. The third-order valence-corrected chi connectivity index (χ3v) is 8.91. The Morgan fingerprint density at radius 1 is 1.30 bits per heavy atom. The first-order chi connectivity index (χ1) is 13.0. The minimum atomic E-state index is -0.0881. The van der Waals surface area contributed by atoms with Gasteiger partial charge in [0.2, 0.25) is 0 Å². The van der Waals surface area contributed by atoms with Crippen molar-refractivity contribution in [2.45, 2.75) is 58.0 Å². The van der Waals surface area contributed by atoms with Gasteiger partial charge in [0.05, 0.1) is 12.7 Å². The molecule has 0 amide bonds. The highest BCUT2D eigenvalue weighted by Gasteiger charge is 2.65. The minimum Gasteiger partial charge on any atom is -0.460 e. The number of carbonyl (C=O) groups is 3. The van der Waals surface area contributed by atoms with Gasteiger partial charge in [-0.15, -0.1) is 0 Å². The van der Waals surface area contributed by atoms with Crippen LogP contribution in [0.3, 0.4) is 0 Å². The molecule has 4 aliphatic carbocycles. The van der Waals surface area contributed by atoms with Crippen LogP contribution in [0.1, 0.15) is 51.9 Å². The summed E-state index contributed by atoms with van der Waals surface area (Å²) in [6.07, 6.45) is 8.73. The van der Waals surface area contributed by atoms with Gasteiger partial charge in [0.1, 0.15) is 6.61 Å². The van der Waals surface area contributed by atoms with Gasteiger partial charge in [-0.2, -0.15) is 0 Å². The Balaban J connectivity index is 1.44. The zero-order valence-corrected chi connectivity index (χ0v) is 15.9. The summed E-state index contributed by atoms with van der Waals surface area (Å²) >= 11 is 0. The van der Waals surface area contributed by atoms with Crippen molar-refractivity contribution >= 4 is 18.0 Å². The Hall–Kier alpha value is -1.49. The van der Waals surface area contributed by atoms with E-state index in [1.54, 1.807) is 0 Å². The number of carbonyl (C=O) groups excluding carboxylic acids is 3. The van der Waals surface area contributed by atoms with Crippen LogP contribution in [0.4, 0.5) is 0 Å². The summed E-state index contributed by atoms with van der Waals surface area (Å²) in [7, 11) is 0. The van der Waals surface area contributed by atoms with Gasteiger partial charge in [-0.3, -0.25) is 14.4 Å². The van der Waals surface area contributed by atoms with Crippen molar-refractivity contribution in [3.05, 3.63) is 11.6 Å². The normalized spacial score (nSPS) is 47.5. The molecule has 5 aliphatic rings. The number of hydrogen-bond donors (Lipinski definition) is 0. The number of hydrogen-bond acceptors (Lipinski definition) is 5. The molecule has 5 heteroatoms. The van der Waals surface area contributed by atoms with E-state index in [-0.39, 0.29) is 41.0 Å². The van der Waals surface area contributed by atoms with Crippen LogP contribution in [0.15, 0.2) is 11.6 Å². The molecule has 1 aliphatic heterocycles. The molecule has 0 radical (unpaired) electrons. The second kappa shape index (κ2) is 6.00. The van der Waals surface area contributed by atoms with Gasteiger partial charge in [0, 0.05) is 17.8 Å². The van der Waals surface area contributed by atoms with Gasteiger partial charge in [-0.1, -0.05) is 6.92 Å². The second-order valence-electron chi connectivity index (χ2n) is 9.68. The standard InChI is InChI=1S/C22H28O5/c1-21-6-5-16-14(15(21)2-3-17(21)19(25)10-26-12-23)9-20-18-8-13(24)4-7-22(16,18)11-27-20/h8,12,14-17,20H,2-7,9-11H2,1H3/t14?,15?,16?,17-,20-,21+,22+/m1/s1. The third-order valence-electron chi connectivity index (χ3n) is 8.91. The second-order valence-corrected chi connectivity index (χ2v) is 9.68. The fourth-order valence-electron chi connectivity index (χ4n) is 7.78. The number of fused-ring (bicyclic) bond motifs is 3. The zero-order valence-electron chi connectivity index (χ0n) is 15.9. The van der Waals surface area contributed by atoms with Crippen molar-refractivity contribution in [1.82, 2.24) is 0 Å². The van der Waals surface area contributed by atoms with Crippen molar-refractivity contribution in [3.8, 4) is 0 Å². The molecular weight excluding hydrogens is 344 g/mol. The lowest BCUT2D eigenvalue weighted by atomic mass is 9.46. The van der Waals surface area contributed by atoms with Gasteiger partial charge >= 0.3 is 0 Å². The van der Waals surface area contributed by atoms with E-state index in [4.69, 9.17) is 9.47 Å². The van der Waals surface area contributed by atoms with Crippen LogP contribution in [-0.2, 0) is 23.9 Å². The number of ether oxygens (including phenoxy) is 2. The summed E-state index contributed by atoms with van der Waals surface area (Å²) in [5.74, 6) is 2.03. The third kappa shape index (κ3) is 2.30. The molecule has 0 N–H and O–H groups in total. The maximum Gasteiger partial charge on any atom is 0.293 e. The molecule has 3 saturated carbocycles. The lowest BCUT2D eigenvalue weighted by Gasteiger charge is -2.56. The Bertz CT molecular complexity index is 726. The molecule has 3 unspecified atom stereocenters. The summed E-state index contributed by atoms with van der Waals surface area (Å²) in [5, 5.41) is 0. The summed E-state index contributed by atoms with van der Waals surface area (Å²) < 4.78 is 11.0. The Morgan fingerprint density at radius 3 is 2.96 bits per heavy atom. The van der Waals surface area contributed by atoms with Crippen LogP contribution in [0.25, 0.3) is 0 Å².